The summed E-state index contributed by atoms with van der Waals surface area (Å²) in [4.78, 5) is 19.9. The number of halogens is 3. The van der Waals surface area contributed by atoms with Gasteiger partial charge in [0.05, 0.1) is 21.6 Å². The Morgan fingerprint density at radius 1 is 1.04 bits per heavy atom. The lowest BCUT2D eigenvalue weighted by molar-refractivity contribution is -0.392. The number of hydrazone groups is 1. The van der Waals surface area contributed by atoms with Crippen molar-refractivity contribution in [3.8, 4) is 11.5 Å². The highest BCUT2D eigenvalue weighted by Crippen LogP contribution is 2.41. The number of nitro benzene ring substituents is 2. The first-order valence-corrected chi connectivity index (χ1v) is 7.39. The number of benzene rings is 2. The molecular formula is C15H9F3N4O6. The van der Waals surface area contributed by atoms with Crippen molar-refractivity contribution in [2.45, 2.75) is 6.18 Å². The smallest absolute Gasteiger partial charge is 0.416 e. The normalized spacial score (nSPS) is 13.0. The number of nitrogens with zero attached hydrogens (tertiary/aromatic N) is 3. The third-order valence-corrected chi connectivity index (χ3v) is 3.60. The minimum absolute atomic E-state index is 0.0398. The lowest BCUT2D eigenvalue weighted by Gasteiger charge is -2.09. The maximum atomic E-state index is 12.9. The van der Waals surface area contributed by atoms with Crippen LogP contribution in [0.1, 0.15) is 11.1 Å². The molecule has 0 fully saturated rings. The first-order chi connectivity index (χ1) is 13.2. The van der Waals surface area contributed by atoms with E-state index in [1.807, 2.05) is 0 Å². The Bertz CT molecular complexity index is 957. The van der Waals surface area contributed by atoms with Crippen molar-refractivity contribution < 1.29 is 32.5 Å². The number of rotatable bonds is 5. The Balaban J connectivity index is 1.96. The minimum atomic E-state index is -5.00. The van der Waals surface area contributed by atoms with Crippen LogP contribution in [0.5, 0.6) is 11.5 Å². The number of fused-ring (bicyclic) bond motifs is 1. The Hall–Kier alpha value is -3.90. The highest BCUT2D eigenvalue weighted by atomic mass is 19.4. The average molecular weight is 398 g/mol. The second kappa shape index (κ2) is 7.02. The highest BCUT2D eigenvalue weighted by molar-refractivity contribution is 5.83. The molecule has 0 saturated carbocycles. The third kappa shape index (κ3) is 3.77. The summed E-state index contributed by atoms with van der Waals surface area (Å²) in [6.07, 6.45) is -3.84. The Morgan fingerprint density at radius 2 is 1.64 bits per heavy atom. The summed E-state index contributed by atoms with van der Waals surface area (Å²) in [5.74, 6) is 0.926. The monoisotopic (exact) mass is 398 g/mol. The predicted molar refractivity (Wildman–Crippen MR) is 88.5 cm³/mol. The molecule has 3 rings (SSSR count). The summed E-state index contributed by atoms with van der Waals surface area (Å²) in [5.41, 5.74) is -2.03. The predicted octanol–water partition coefficient (Wildman–Crippen LogP) is 3.70. The molecule has 0 aliphatic carbocycles. The van der Waals surface area contributed by atoms with E-state index in [9.17, 15) is 33.4 Å². The molecule has 0 saturated heterocycles. The van der Waals surface area contributed by atoms with Gasteiger partial charge in [-0.05, 0) is 23.8 Å². The Kier molecular flexibility index (Phi) is 4.73. The van der Waals surface area contributed by atoms with E-state index < -0.39 is 38.6 Å². The van der Waals surface area contributed by atoms with Crippen LogP contribution in [0.3, 0.4) is 0 Å². The number of anilines is 1. The van der Waals surface area contributed by atoms with Crippen LogP contribution in [0, 0.1) is 20.2 Å². The van der Waals surface area contributed by atoms with E-state index in [-0.39, 0.29) is 18.9 Å². The largest absolute Gasteiger partial charge is 0.454 e. The fourth-order valence-corrected chi connectivity index (χ4v) is 2.34. The van der Waals surface area contributed by atoms with Crippen LogP contribution in [0.25, 0.3) is 0 Å². The number of hydrogen-bond acceptors (Lipinski definition) is 8. The summed E-state index contributed by atoms with van der Waals surface area (Å²) in [6, 6.07) is 5.07. The molecule has 2 aromatic carbocycles. The quantitative estimate of drug-likeness (QED) is 0.462. The van der Waals surface area contributed by atoms with Crippen molar-refractivity contribution in [3.05, 3.63) is 61.7 Å². The molecule has 0 amide bonds. The molecule has 0 unspecified atom stereocenters. The second-order valence-electron chi connectivity index (χ2n) is 5.38. The zero-order valence-corrected chi connectivity index (χ0v) is 13.6. The highest BCUT2D eigenvalue weighted by Gasteiger charge is 2.37. The first kappa shape index (κ1) is 18.9. The third-order valence-electron chi connectivity index (χ3n) is 3.60. The maximum absolute atomic E-state index is 12.9. The molecule has 28 heavy (non-hydrogen) atoms. The Morgan fingerprint density at radius 3 is 2.21 bits per heavy atom. The van der Waals surface area contributed by atoms with Gasteiger partial charge >= 0.3 is 17.6 Å². The van der Waals surface area contributed by atoms with Crippen LogP contribution >= 0.6 is 0 Å². The van der Waals surface area contributed by atoms with Gasteiger partial charge in [0.15, 0.2) is 11.5 Å². The standard InChI is InChI=1S/C15H9F3N4O6/c16-15(17,18)9-4-10(21(23)24)14(11(5-9)22(25)26)20-19-6-8-1-2-12-13(3-8)28-7-27-12/h1-6,20H,7H2/b19-6+. The molecule has 0 spiro atoms. The lowest BCUT2D eigenvalue weighted by Crippen LogP contribution is -2.09. The number of hydrogen-bond donors (Lipinski definition) is 1. The molecule has 1 N–H and O–H groups in total. The van der Waals surface area contributed by atoms with Crippen LogP contribution in [-0.4, -0.2) is 22.9 Å². The zero-order valence-electron chi connectivity index (χ0n) is 13.6. The van der Waals surface area contributed by atoms with Gasteiger partial charge < -0.3 is 9.47 Å². The van der Waals surface area contributed by atoms with Crippen LogP contribution in [0.4, 0.5) is 30.2 Å². The van der Waals surface area contributed by atoms with Crippen molar-refractivity contribution in [1.82, 2.24) is 0 Å². The maximum Gasteiger partial charge on any atom is 0.416 e. The molecule has 0 aromatic heterocycles. The van der Waals surface area contributed by atoms with Crippen molar-refractivity contribution in [2.75, 3.05) is 12.2 Å². The van der Waals surface area contributed by atoms with Crippen LogP contribution in [0.15, 0.2) is 35.4 Å². The second-order valence-corrected chi connectivity index (χ2v) is 5.38. The summed E-state index contributed by atoms with van der Waals surface area (Å²) in [5, 5.41) is 25.9. The van der Waals surface area contributed by atoms with Gasteiger partial charge in [-0.15, -0.1) is 0 Å². The fourth-order valence-electron chi connectivity index (χ4n) is 2.34. The summed E-state index contributed by atoms with van der Waals surface area (Å²) >= 11 is 0. The molecular weight excluding hydrogens is 389 g/mol. The number of nitrogens with one attached hydrogen (secondary N) is 1. The minimum Gasteiger partial charge on any atom is -0.454 e. The molecule has 1 aliphatic heterocycles. The van der Waals surface area contributed by atoms with E-state index in [0.717, 1.165) is 6.21 Å². The molecule has 1 aliphatic rings. The van der Waals surface area contributed by atoms with Gasteiger partial charge in [0.1, 0.15) is 0 Å². The van der Waals surface area contributed by atoms with Gasteiger partial charge in [0, 0.05) is 12.1 Å². The number of alkyl halides is 3. The molecule has 13 heteroatoms. The Labute approximate surface area is 153 Å². The van der Waals surface area contributed by atoms with Gasteiger partial charge in [-0.2, -0.15) is 18.3 Å². The van der Waals surface area contributed by atoms with E-state index in [4.69, 9.17) is 9.47 Å². The fraction of sp³-hybridized carbons (Fsp3) is 0.133. The number of ether oxygens (including phenoxy) is 2. The van der Waals surface area contributed by atoms with E-state index in [1.165, 1.54) is 6.07 Å². The molecule has 10 nitrogen and oxygen atoms in total. The zero-order chi connectivity index (χ0) is 20.5. The van der Waals surface area contributed by atoms with Crippen LogP contribution in [-0.2, 0) is 6.18 Å². The molecule has 0 radical (unpaired) electrons. The van der Waals surface area contributed by atoms with Gasteiger partial charge in [-0.1, -0.05) is 0 Å². The lowest BCUT2D eigenvalue weighted by atomic mass is 10.1. The van der Waals surface area contributed by atoms with Crippen LogP contribution < -0.4 is 14.9 Å². The van der Waals surface area contributed by atoms with Crippen molar-refractivity contribution >= 4 is 23.3 Å². The topological polar surface area (TPSA) is 129 Å². The molecule has 0 atom stereocenters. The van der Waals surface area contributed by atoms with Gasteiger partial charge in [0.25, 0.3) is 0 Å². The van der Waals surface area contributed by atoms with E-state index in [0.29, 0.717) is 17.1 Å². The van der Waals surface area contributed by atoms with Crippen LogP contribution in [0.2, 0.25) is 0 Å². The molecule has 146 valence electrons. The molecule has 0 bridgehead atoms. The molecule has 2 aromatic rings. The van der Waals surface area contributed by atoms with Crippen molar-refractivity contribution in [1.29, 1.82) is 0 Å². The SMILES string of the molecule is O=[N+]([O-])c1cc(C(F)(F)F)cc([N+](=O)[O-])c1N/N=C/c1ccc2c(c1)OCO2. The summed E-state index contributed by atoms with van der Waals surface area (Å²) < 4.78 is 48.9. The van der Waals surface area contributed by atoms with Gasteiger partial charge in [-0.25, -0.2) is 0 Å². The number of nitro groups is 2. The first-order valence-electron chi connectivity index (χ1n) is 7.39. The van der Waals surface area contributed by atoms with E-state index in [2.05, 4.69) is 10.5 Å². The molecule has 1 heterocycles. The van der Waals surface area contributed by atoms with Gasteiger partial charge in [-0.3, -0.25) is 25.7 Å². The summed E-state index contributed by atoms with van der Waals surface area (Å²) in [7, 11) is 0. The van der Waals surface area contributed by atoms with E-state index in [1.54, 1.807) is 12.1 Å². The van der Waals surface area contributed by atoms with Gasteiger partial charge in [0.2, 0.25) is 12.5 Å². The average Bonchev–Trinajstić information content (AvgIpc) is 3.08. The summed E-state index contributed by atoms with van der Waals surface area (Å²) in [6.45, 7) is 0.0398. The van der Waals surface area contributed by atoms with Crippen molar-refractivity contribution in [2.24, 2.45) is 5.10 Å². The van der Waals surface area contributed by atoms with Crippen molar-refractivity contribution in [3.63, 3.8) is 0 Å². The van der Waals surface area contributed by atoms with E-state index >= 15 is 0 Å².